The van der Waals surface area contributed by atoms with E-state index in [-0.39, 0.29) is 17.4 Å². The Bertz CT molecular complexity index is 1140. The number of nitrogens with zero attached hydrogens (tertiary/aromatic N) is 1. The number of hydrogen-bond acceptors (Lipinski definition) is 2. The van der Waals surface area contributed by atoms with E-state index in [1.54, 1.807) is 0 Å². The highest BCUT2D eigenvalue weighted by Gasteiger charge is 2.42. The maximum Gasteiger partial charge on any atom is 0.252 e. The summed E-state index contributed by atoms with van der Waals surface area (Å²) in [6.07, 6.45) is 5.35. The SMILES string of the molecule is C[C@@H](NC(=O)c1cc(-c2ccc(C(C)(C)C)cc2)nc2ccccc12)[C@H]1C[C@@H]2CC[C@@H]1C2. The van der Waals surface area contributed by atoms with E-state index >= 15 is 0 Å². The minimum Gasteiger partial charge on any atom is -0.349 e. The highest BCUT2D eigenvalue weighted by molar-refractivity contribution is 6.07. The lowest BCUT2D eigenvalue weighted by Gasteiger charge is -2.28. The molecule has 2 saturated carbocycles. The van der Waals surface area contributed by atoms with Gasteiger partial charge in [-0.05, 0) is 67.1 Å². The molecule has 3 heteroatoms. The Labute approximate surface area is 191 Å². The van der Waals surface area contributed by atoms with Crippen molar-refractivity contribution in [2.75, 3.05) is 0 Å². The summed E-state index contributed by atoms with van der Waals surface area (Å²) in [6, 6.07) is 18.7. The average Bonchev–Trinajstić information content (AvgIpc) is 3.42. The molecule has 32 heavy (non-hydrogen) atoms. The zero-order valence-electron chi connectivity index (χ0n) is 19.7. The van der Waals surface area contributed by atoms with Gasteiger partial charge in [0.15, 0.2) is 0 Å². The molecule has 1 aromatic heterocycles. The smallest absolute Gasteiger partial charge is 0.252 e. The van der Waals surface area contributed by atoms with E-state index in [9.17, 15) is 4.79 Å². The molecule has 0 radical (unpaired) electrons. The first-order valence-corrected chi connectivity index (χ1v) is 12.1. The number of rotatable bonds is 4. The van der Waals surface area contributed by atoms with Crippen LogP contribution >= 0.6 is 0 Å². The third-order valence-electron chi connectivity index (χ3n) is 7.80. The van der Waals surface area contributed by atoms with Crippen LogP contribution in [0.4, 0.5) is 0 Å². The Balaban J connectivity index is 1.46. The second-order valence-corrected chi connectivity index (χ2v) is 11.0. The monoisotopic (exact) mass is 426 g/mol. The molecule has 1 amide bonds. The van der Waals surface area contributed by atoms with Gasteiger partial charge < -0.3 is 5.32 Å². The summed E-state index contributed by atoms with van der Waals surface area (Å²) in [5.41, 5.74) is 4.87. The van der Waals surface area contributed by atoms with Crippen LogP contribution in [0.15, 0.2) is 54.6 Å². The Hall–Kier alpha value is -2.68. The van der Waals surface area contributed by atoms with Gasteiger partial charge in [0.25, 0.3) is 5.91 Å². The van der Waals surface area contributed by atoms with Gasteiger partial charge in [-0.15, -0.1) is 0 Å². The fourth-order valence-electron chi connectivity index (χ4n) is 5.95. The zero-order chi connectivity index (χ0) is 22.5. The van der Waals surface area contributed by atoms with Crippen molar-refractivity contribution < 1.29 is 4.79 Å². The van der Waals surface area contributed by atoms with E-state index in [0.717, 1.165) is 39.6 Å². The van der Waals surface area contributed by atoms with Crippen molar-refractivity contribution >= 4 is 16.8 Å². The van der Waals surface area contributed by atoms with Gasteiger partial charge in [0, 0.05) is 17.0 Å². The molecule has 2 bridgehead atoms. The first-order valence-electron chi connectivity index (χ1n) is 12.1. The van der Waals surface area contributed by atoms with Crippen LogP contribution in [0.25, 0.3) is 22.2 Å². The number of para-hydroxylation sites is 1. The van der Waals surface area contributed by atoms with Crippen LogP contribution in [-0.2, 0) is 5.41 Å². The van der Waals surface area contributed by atoms with E-state index in [0.29, 0.717) is 5.92 Å². The first kappa shape index (κ1) is 21.2. The fraction of sp³-hybridized carbons (Fsp3) is 0.448. The van der Waals surface area contributed by atoms with Gasteiger partial charge in [0.05, 0.1) is 16.8 Å². The van der Waals surface area contributed by atoms with Gasteiger partial charge in [0.1, 0.15) is 0 Å². The standard InChI is InChI=1S/C29H34N2O/c1-18(24-16-19-9-10-21(24)15-19)30-28(32)25-17-27(31-26-8-6-5-7-23(25)26)20-11-13-22(14-12-20)29(2,3)4/h5-8,11-14,17-19,21,24H,9-10,15-16H2,1-4H3,(H,30,32)/t18-,19-,21-,24-/m1/s1. The zero-order valence-corrected chi connectivity index (χ0v) is 19.7. The minimum absolute atomic E-state index is 0.0198. The first-order chi connectivity index (χ1) is 15.3. The molecule has 3 aromatic rings. The molecule has 0 saturated heterocycles. The van der Waals surface area contributed by atoms with Gasteiger partial charge in [-0.1, -0.05) is 69.7 Å². The van der Waals surface area contributed by atoms with Gasteiger partial charge >= 0.3 is 0 Å². The largest absolute Gasteiger partial charge is 0.349 e. The highest BCUT2D eigenvalue weighted by atomic mass is 16.1. The Morgan fingerprint density at radius 1 is 1.03 bits per heavy atom. The number of carbonyl (C=O) groups excluding carboxylic acids is 1. The molecule has 2 aliphatic rings. The molecule has 0 aliphatic heterocycles. The molecular formula is C29H34N2O. The van der Waals surface area contributed by atoms with Crippen LogP contribution in [0.2, 0.25) is 0 Å². The molecule has 0 spiro atoms. The van der Waals surface area contributed by atoms with Crippen LogP contribution in [0, 0.1) is 17.8 Å². The maximum atomic E-state index is 13.5. The third-order valence-corrected chi connectivity index (χ3v) is 7.80. The number of pyridine rings is 1. The quantitative estimate of drug-likeness (QED) is 0.501. The van der Waals surface area contributed by atoms with Gasteiger partial charge in [-0.3, -0.25) is 4.79 Å². The van der Waals surface area contributed by atoms with Gasteiger partial charge in [0.2, 0.25) is 0 Å². The molecule has 2 aromatic carbocycles. The molecular weight excluding hydrogens is 392 g/mol. The van der Waals surface area contributed by atoms with Gasteiger partial charge in [-0.25, -0.2) is 4.98 Å². The maximum absolute atomic E-state index is 13.5. The second-order valence-electron chi connectivity index (χ2n) is 11.0. The lowest BCUT2D eigenvalue weighted by molar-refractivity contribution is 0.0917. The Morgan fingerprint density at radius 3 is 2.44 bits per heavy atom. The van der Waals surface area contributed by atoms with Crippen LogP contribution in [0.3, 0.4) is 0 Å². The lowest BCUT2D eigenvalue weighted by atomic mass is 9.84. The van der Waals surface area contributed by atoms with Crippen molar-refractivity contribution in [3.63, 3.8) is 0 Å². The Kier molecular flexibility index (Phi) is 5.31. The van der Waals surface area contributed by atoms with Gasteiger partial charge in [-0.2, -0.15) is 0 Å². The minimum atomic E-state index is 0.0198. The molecule has 0 unspecified atom stereocenters. The predicted octanol–water partition coefficient (Wildman–Crippen LogP) is 6.75. The average molecular weight is 427 g/mol. The van der Waals surface area contributed by atoms with Crippen LogP contribution in [0.1, 0.15) is 69.3 Å². The number of aromatic nitrogens is 1. The molecule has 3 nitrogen and oxygen atoms in total. The van der Waals surface area contributed by atoms with Crippen molar-refractivity contribution in [1.82, 2.24) is 10.3 Å². The van der Waals surface area contributed by atoms with E-state index in [1.807, 2.05) is 30.3 Å². The third kappa shape index (κ3) is 3.94. The molecule has 1 heterocycles. The molecule has 166 valence electrons. The summed E-state index contributed by atoms with van der Waals surface area (Å²) in [5, 5.41) is 4.27. The van der Waals surface area contributed by atoms with E-state index < -0.39 is 0 Å². The topological polar surface area (TPSA) is 42.0 Å². The number of fused-ring (bicyclic) bond motifs is 3. The van der Waals surface area contributed by atoms with Crippen LogP contribution in [-0.4, -0.2) is 16.9 Å². The summed E-state index contributed by atoms with van der Waals surface area (Å²) in [4.78, 5) is 18.4. The molecule has 2 aliphatic carbocycles. The fourth-order valence-corrected chi connectivity index (χ4v) is 5.95. The van der Waals surface area contributed by atoms with Crippen molar-refractivity contribution in [1.29, 1.82) is 0 Å². The highest BCUT2D eigenvalue weighted by Crippen LogP contribution is 2.49. The molecule has 2 fully saturated rings. The van der Waals surface area contributed by atoms with Crippen LogP contribution in [0.5, 0.6) is 0 Å². The second kappa shape index (κ2) is 8.03. The van der Waals surface area contributed by atoms with E-state index in [4.69, 9.17) is 4.98 Å². The van der Waals surface area contributed by atoms with Crippen molar-refractivity contribution in [2.24, 2.45) is 17.8 Å². The molecule has 1 N–H and O–H groups in total. The Morgan fingerprint density at radius 2 is 1.78 bits per heavy atom. The number of nitrogens with one attached hydrogen (secondary N) is 1. The van der Waals surface area contributed by atoms with Crippen molar-refractivity contribution in [3.8, 4) is 11.3 Å². The molecule has 5 rings (SSSR count). The van der Waals surface area contributed by atoms with Crippen molar-refractivity contribution in [3.05, 3.63) is 65.7 Å². The van der Waals surface area contributed by atoms with Crippen molar-refractivity contribution in [2.45, 2.75) is 64.8 Å². The van der Waals surface area contributed by atoms with E-state index in [2.05, 4.69) is 57.3 Å². The summed E-state index contributed by atoms with van der Waals surface area (Å²) in [5.74, 6) is 2.32. The normalized spacial score (nSPS) is 23.4. The summed E-state index contributed by atoms with van der Waals surface area (Å²) in [6.45, 7) is 8.85. The molecule has 4 atom stereocenters. The summed E-state index contributed by atoms with van der Waals surface area (Å²) < 4.78 is 0. The summed E-state index contributed by atoms with van der Waals surface area (Å²) >= 11 is 0. The van der Waals surface area contributed by atoms with Crippen LogP contribution < -0.4 is 5.32 Å². The number of hydrogen-bond donors (Lipinski definition) is 1. The lowest BCUT2D eigenvalue weighted by Crippen LogP contribution is -2.40. The predicted molar refractivity (Wildman–Crippen MR) is 132 cm³/mol. The number of benzene rings is 2. The van der Waals surface area contributed by atoms with E-state index in [1.165, 1.54) is 31.2 Å². The summed E-state index contributed by atoms with van der Waals surface area (Å²) in [7, 11) is 0. The number of amides is 1. The number of carbonyl (C=O) groups is 1.